The summed E-state index contributed by atoms with van der Waals surface area (Å²) >= 11 is 0. The quantitative estimate of drug-likeness (QED) is 0.553. The van der Waals surface area contributed by atoms with E-state index in [2.05, 4.69) is 26.2 Å². The Hall–Kier alpha value is 0.314. The van der Waals surface area contributed by atoms with Gasteiger partial charge in [-0.05, 0) is 57.4 Å². The normalized spacial score (nSPS) is 32.2. The van der Waals surface area contributed by atoms with Crippen molar-refractivity contribution in [3.63, 3.8) is 0 Å². The molecular formula is C13H28O3Si2. The van der Waals surface area contributed by atoms with Gasteiger partial charge in [0.25, 0.3) is 0 Å². The second kappa shape index (κ2) is 5.36. The molecule has 1 aliphatic carbocycles. The summed E-state index contributed by atoms with van der Waals surface area (Å²) in [6, 6.07) is 1.26. The molecule has 0 N–H and O–H groups in total. The van der Waals surface area contributed by atoms with Crippen molar-refractivity contribution in [2.45, 2.75) is 70.1 Å². The predicted molar refractivity (Wildman–Crippen MR) is 78.5 cm³/mol. The molecule has 1 saturated heterocycles. The number of hydrogen-bond acceptors (Lipinski definition) is 3. The van der Waals surface area contributed by atoms with Crippen LogP contribution in [0.4, 0.5) is 0 Å². The Morgan fingerprint density at radius 1 is 1.11 bits per heavy atom. The Balaban J connectivity index is 1.73. The molecule has 18 heavy (non-hydrogen) atoms. The van der Waals surface area contributed by atoms with E-state index in [1.807, 2.05) is 0 Å². The smallest absolute Gasteiger partial charge is 0.321 e. The minimum Gasteiger partial charge on any atom is -0.436 e. The average molecular weight is 289 g/mol. The highest BCUT2D eigenvalue weighted by atomic mass is 28.4. The van der Waals surface area contributed by atoms with Crippen molar-refractivity contribution < 1.29 is 13.3 Å². The summed E-state index contributed by atoms with van der Waals surface area (Å²) in [5.41, 5.74) is 0. The van der Waals surface area contributed by atoms with Gasteiger partial charge in [-0.2, -0.15) is 0 Å². The van der Waals surface area contributed by atoms with Gasteiger partial charge in [-0.3, -0.25) is 0 Å². The molecule has 1 aliphatic heterocycles. The molecule has 5 heteroatoms. The zero-order chi connectivity index (χ0) is 13.4. The molecule has 0 amide bonds. The summed E-state index contributed by atoms with van der Waals surface area (Å²) in [5, 5.41) is 0. The molecule has 0 aromatic rings. The highest BCUT2D eigenvalue weighted by Gasteiger charge is 2.44. The lowest BCUT2D eigenvalue weighted by Crippen LogP contribution is -2.46. The third-order valence-corrected chi connectivity index (χ3v) is 10.9. The molecule has 2 rings (SSSR count). The lowest BCUT2D eigenvalue weighted by Gasteiger charge is -2.33. The van der Waals surface area contributed by atoms with E-state index in [-0.39, 0.29) is 0 Å². The Kier molecular flexibility index (Phi) is 4.38. The van der Waals surface area contributed by atoms with Gasteiger partial charge >= 0.3 is 8.56 Å². The minimum atomic E-state index is -1.87. The molecule has 0 aromatic carbocycles. The van der Waals surface area contributed by atoms with Crippen LogP contribution in [0.2, 0.25) is 32.2 Å². The second-order valence-corrected chi connectivity index (χ2v) is 14.9. The average Bonchev–Trinajstić information content (AvgIpc) is 3.03. The lowest BCUT2D eigenvalue weighted by atomic mass is 9.88. The SMILES string of the molecule is CO[Si](C)(C)O[Si](C)(C)CCC1CCC2OC2C1. The van der Waals surface area contributed by atoms with E-state index in [9.17, 15) is 0 Å². The molecule has 2 aliphatic rings. The van der Waals surface area contributed by atoms with E-state index >= 15 is 0 Å². The van der Waals surface area contributed by atoms with E-state index < -0.39 is 16.9 Å². The largest absolute Gasteiger partial charge is 0.436 e. The summed E-state index contributed by atoms with van der Waals surface area (Å²) in [6.07, 6.45) is 6.50. The van der Waals surface area contributed by atoms with Crippen molar-refractivity contribution in [1.29, 1.82) is 0 Å². The van der Waals surface area contributed by atoms with E-state index in [1.54, 1.807) is 7.11 Å². The maximum atomic E-state index is 6.33. The standard InChI is InChI=1S/C13H28O3Si2/c1-14-18(4,5)16-17(2,3)9-8-11-6-7-12-13(10-11)15-12/h11-13H,6-10H2,1-5H3. The monoisotopic (exact) mass is 288 g/mol. The third kappa shape index (κ3) is 4.16. The van der Waals surface area contributed by atoms with Gasteiger partial charge < -0.3 is 13.3 Å². The molecule has 0 spiro atoms. The van der Waals surface area contributed by atoms with Crippen LogP contribution in [0.3, 0.4) is 0 Å². The van der Waals surface area contributed by atoms with Crippen molar-refractivity contribution in [1.82, 2.24) is 0 Å². The zero-order valence-corrected chi connectivity index (χ0v) is 14.5. The fourth-order valence-electron chi connectivity index (χ4n) is 3.06. The van der Waals surface area contributed by atoms with Crippen LogP contribution in [0, 0.1) is 5.92 Å². The number of epoxide rings is 1. The number of ether oxygens (including phenoxy) is 1. The molecular weight excluding hydrogens is 260 g/mol. The first-order valence-corrected chi connectivity index (χ1v) is 13.2. The van der Waals surface area contributed by atoms with Gasteiger partial charge in [0.15, 0.2) is 8.32 Å². The Labute approximate surface area is 114 Å². The number of hydrogen-bond donors (Lipinski definition) is 0. The van der Waals surface area contributed by atoms with Crippen molar-refractivity contribution >= 4 is 16.9 Å². The zero-order valence-electron chi connectivity index (χ0n) is 12.5. The third-order valence-electron chi connectivity index (χ3n) is 4.28. The van der Waals surface area contributed by atoms with Crippen LogP contribution in [0.1, 0.15) is 25.7 Å². The first-order chi connectivity index (χ1) is 8.31. The fourth-order valence-corrected chi connectivity index (χ4v) is 10.2. The summed E-state index contributed by atoms with van der Waals surface area (Å²) < 4.78 is 17.5. The Bertz CT molecular complexity index is 294. The molecule has 0 radical (unpaired) electrons. The van der Waals surface area contributed by atoms with E-state index in [4.69, 9.17) is 13.3 Å². The summed E-state index contributed by atoms with van der Waals surface area (Å²) in [5.74, 6) is 0.872. The molecule has 0 bridgehead atoms. The van der Waals surface area contributed by atoms with Crippen LogP contribution >= 0.6 is 0 Å². The van der Waals surface area contributed by atoms with Crippen molar-refractivity contribution in [3.8, 4) is 0 Å². The maximum Gasteiger partial charge on any atom is 0.321 e. The van der Waals surface area contributed by atoms with E-state index in [1.165, 1.54) is 31.7 Å². The number of rotatable bonds is 6. The summed E-state index contributed by atoms with van der Waals surface area (Å²) in [6.45, 7) is 8.95. The van der Waals surface area contributed by atoms with Gasteiger partial charge in [0, 0.05) is 7.11 Å². The molecule has 1 heterocycles. The van der Waals surface area contributed by atoms with Gasteiger partial charge in [0.05, 0.1) is 12.2 Å². The van der Waals surface area contributed by atoms with Crippen molar-refractivity contribution in [3.05, 3.63) is 0 Å². The topological polar surface area (TPSA) is 31.0 Å². The molecule has 106 valence electrons. The molecule has 1 saturated carbocycles. The van der Waals surface area contributed by atoms with Crippen LogP contribution in [-0.2, 0) is 13.3 Å². The van der Waals surface area contributed by atoms with Gasteiger partial charge in [-0.1, -0.05) is 6.42 Å². The van der Waals surface area contributed by atoms with Gasteiger partial charge in [-0.15, -0.1) is 0 Å². The van der Waals surface area contributed by atoms with Crippen molar-refractivity contribution in [2.24, 2.45) is 5.92 Å². The molecule has 3 nitrogen and oxygen atoms in total. The molecule has 3 unspecified atom stereocenters. The van der Waals surface area contributed by atoms with E-state index in [0.29, 0.717) is 12.2 Å². The Morgan fingerprint density at radius 2 is 1.83 bits per heavy atom. The Morgan fingerprint density at radius 3 is 2.44 bits per heavy atom. The van der Waals surface area contributed by atoms with Crippen LogP contribution in [0.25, 0.3) is 0 Å². The van der Waals surface area contributed by atoms with Crippen LogP contribution in [0.5, 0.6) is 0 Å². The van der Waals surface area contributed by atoms with Gasteiger partial charge in [-0.25, -0.2) is 0 Å². The van der Waals surface area contributed by atoms with Crippen LogP contribution in [-0.4, -0.2) is 36.2 Å². The maximum absolute atomic E-state index is 6.33. The van der Waals surface area contributed by atoms with Crippen molar-refractivity contribution in [2.75, 3.05) is 7.11 Å². The molecule has 3 atom stereocenters. The summed E-state index contributed by atoms with van der Waals surface area (Å²) in [4.78, 5) is 0. The van der Waals surface area contributed by atoms with E-state index in [0.717, 1.165) is 5.92 Å². The van der Waals surface area contributed by atoms with Gasteiger partial charge in [0.2, 0.25) is 0 Å². The lowest BCUT2D eigenvalue weighted by molar-refractivity contribution is 0.306. The number of fused-ring (bicyclic) bond motifs is 1. The summed E-state index contributed by atoms with van der Waals surface area (Å²) in [7, 11) is -1.64. The second-order valence-electron chi connectivity index (χ2n) is 6.90. The van der Waals surface area contributed by atoms with Gasteiger partial charge in [0.1, 0.15) is 0 Å². The first kappa shape index (κ1) is 14.7. The van der Waals surface area contributed by atoms with Crippen LogP contribution in [0.15, 0.2) is 0 Å². The highest BCUT2D eigenvalue weighted by molar-refractivity contribution is 6.82. The predicted octanol–water partition coefficient (Wildman–Crippen LogP) is 3.51. The minimum absolute atomic E-state index is 0.610. The first-order valence-electron chi connectivity index (χ1n) is 7.22. The highest BCUT2D eigenvalue weighted by Crippen LogP contribution is 2.41. The fraction of sp³-hybridized carbons (Fsp3) is 1.00. The van der Waals surface area contributed by atoms with Crippen LogP contribution < -0.4 is 0 Å². The molecule has 2 fully saturated rings. The molecule has 0 aromatic heterocycles.